The van der Waals surface area contributed by atoms with Gasteiger partial charge in [0.25, 0.3) is 0 Å². The molecule has 0 rings (SSSR count). The molecule has 0 bridgehead atoms. The van der Waals surface area contributed by atoms with Gasteiger partial charge in [-0.25, -0.2) is 0 Å². The minimum absolute atomic E-state index is 0. The van der Waals surface area contributed by atoms with E-state index in [9.17, 15) is 14.7 Å². The quantitative estimate of drug-likeness (QED) is 0.237. The fourth-order valence-corrected chi connectivity index (χ4v) is 0.552. The van der Waals surface area contributed by atoms with Gasteiger partial charge in [0, 0.05) is 0 Å². The molecule has 4 heteroatoms. The number of hydrogen-bond acceptors (Lipinski definition) is 3. The summed E-state index contributed by atoms with van der Waals surface area (Å²) in [6.45, 7) is 1.82. The van der Waals surface area contributed by atoms with Gasteiger partial charge in [-0.05, 0) is 6.42 Å². The maximum atomic E-state index is 9.98. The van der Waals surface area contributed by atoms with E-state index in [0.717, 1.165) is 0 Å². The molecule has 0 aliphatic carbocycles. The Labute approximate surface area is 82.1 Å². The molecule has 3 nitrogen and oxygen atoms in total. The fourth-order valence-electron chi connectivity index (χ4n) is 0.552. The molecule has 0 heterocycles. The Hall–Kier alpha value is 0.140. The number of carboxylic acid groups (broad SMARTS) is 1. The van der Waals surface area contributed by atoms with Gasteiger partial charge >= 0.3 is 29.6 Å². The van der Waals surface area contributed by atoms with E-state index >= 15 is 0 Å². The molecule has 0 saturated carbocycles. The molecule has 0 amide bonds. The smallest absolute Gasteiger partial charge is 0.549 e. The van der Waals surface area contributed by atoms with Crippen LogP contribution in [0.4, 0.5) is 0 Å². The van der Waals surface area contributed by atoms with E-state index in [4.69, 9.17) is 0 Å². The molecule has 0 fully saturated rings. The van der Waals surface area contributed by atoms with Crippen LogP contribution in [-0.2, 0) is 9.59 Å². The number of carbonyl (C=O) groups is 2. The molecule has 0 aliphatic heterocycles. The average Bonchev–Trinajstić information content (AvgIpc) is 1.82. The third kappa shape index (κ3) is 4.97. The molecule has 10 heavy (non-hydrogen) atoms. The van der Waals surface area contributed by atoms with E-state index in [0.29, 0.717) is 19.1 Å². The van der Waals surface area contributed by atoms with Crippen LogP contribution < -0.4 is 34.7 Å². The molecule has 0 radical (unpaired) electrons. The molecule has 0 aromatic heterocycles. The standard InChI is InChI=1S/C6H10O3.Na/c1-2-3-5(4-7)6(8)9;/h4-5H,2-3H2,1H3,(H,8,9);/q;+1/p-1. The van der Waals surface area contributed by atoms with Crippen molar-refractivity contribution >= 4 is 12.3 Å². The first kappa shape index (κ1) is 12.8. The van der Waals surface area contributed by atoms with Gasteiger partial charge < -0.3 is 14.7 Å². The molecule has 0 aromatic carbocycles. The number of rotatable bonds is 4. The molecule has 0 aliphatic rings. The van der Waals surface area contributed by atoms with Gasteiger partial charge in [-0.1, -0.05) is 13.3 Å². The summed E-state index contributed by atoms with van der Waals surface area (Å²) in [6.07, 6.45) is 1.49. The predicted octanol–water partition coefficient (Wildman–Crippen LogP) is -3.64. The summed E-state index contributed by atoms with van der Waals surface area (Å²) in [5, 5.41) is 9.98. The SMILES string of the molecule is CCCC(C=O)C(=O)[O-].[Na+]. The van der Waals surface area contributed by atoms with E-state index in [1.165, 1.54) is 0 Å². The average molecular weight is 152 g/mol. The van der Waals surface area contributed by atoms with Crippen molar-refractivity contribution < 1.29 is 44.3 Å². The van der Waals surface area contributed by atoms with Gasteiger partial charge in [0.2, 0.25) is 0 Å². The largest absolute Gasteiger partial charge is 1.00 e. The van der Waals surface area contributed by atoms with Crippen LogP contribution in [0.3, 0.4) is 0 Å². The Morgan fingerprint density at radius 3 is 2.30 bits per heavy atom. The molecule has 0 saturated heterocycles. The second-order valence-corrected chi connectivity index (χ2v) is 1.85. The Morgan fingerprint density at radius 1 is 1.70 bits per heavy atom. The summed E-state index contributed by atoms with van der Waals surface area (Å²) in [5.41, 5.74) is 0. The topological polar surface area (TPSA) is 57.2 Å². The van der Waals surface area contributed by atoms with E-state index in [1.54, 1.807) is 0 Å². The Kier molecular flexibility index (Phi) is 9.27. The van der Waals surface area contributed by atoms with Gasteiger partial charge in [0.15, 0.2) is 0 Å². The molecular weight excluding hydrogens is 143 g/mol. The number of carboxylic acids is 1. The van der Waals surface area contributed by atoms with Gasteiger partial charge in [0.05, 0.1) is 11.9 Å². The first-order chi connectivity index (χ1) is 4.22. The second kappa shape index (κ2) is 7.25. The van der Waals surface area contributed by atoms with Crippen molar-refractivity contribution in [2.45, 2.75) is 19.8 Å². The first-order valence-electron chi connectivity index (χ1n) is 2.88. The van der Waals surface area contributed by atoms with E-state index in [2.05, 4.69) is 0 Å². The molecule has 52 valence electrons. The molecular formula is C6H9NaO3. The zero-order valence-electron chi connectivity index (χ0n) is 6.29. The minimum atomic E-state index is -1.27. The van der Waals surface area contributed by atoms with Crippen molar-refractivity contribution in [2.75, 3.05) is 0 Å². The van der Waals surface area contributed by atoms with Crippen LogP contribution in [0.2, 0.25) is 0 Å². The monoisotopic (exact) mass is 152 g/mol. The summed E-state index contributed by atoms with van der Waals surface area (Å²) in [5.74, 6) is -2.18. The summed E-state index contributed by atoms with van der Waals surface area (Å²) in [6, 6.07) is 0. The van der Waals surface area contributed by atoms with Crippen molar-refractivity contribution in [2.24, 2.45) is 5.92 Å². The number of aliphatic carboxylic acids is 1. The maximum absolute atomic E-state index is 9.98. The molecule has 0 aromatic rings. The summed E-state index contributed by atoms with van der Waals surface area (Å²) in [7, 11) is 0. The zero-order valence-corrected chi connectivity index (χ0v) is 8.29. The summed E-state index contributed by atoms with van der Waals surface area (Å²) >= 11 is 0. The van der Waals surface area contributed by atoms with Crippen LogP contribution in [0.5, 0.6) is 0 Å². The van der Waals surface area contributed by atoms with Gasteiger partial charge in [0.1, 0.15) is 6.29 Å². The van der Waals surface area contributed by atoms with Crippen LogP contribution in [-0.4, -0.2) is 12.3 Å². The third-order valence-corrected chi connectivity index (χ3v) is 1.07. The summed E-state index contributed by atoms with van der Waals surface area (Å²) in [4.78, 5) is 19.9. The van der Waals surface area contributed by atoms with Crippen molar-refractivity contribution in [1.82, 2.24) is 0 Å². The van der Waals surface area contributed by atoms with Crippen molar-refractivity contribution in [3.05, 3.63) is 0 Å². The Balaban J connectivity index is 0. The van der Waals surface area contributed by atoms with E-state index in [1.807, 2.05) is 6.92 Å². The van der Waals surface area contributed by atoms with Gasteiger partial charge in [-0.3, -0.25) is 0 Å². The molecule has 1 atom stereocenters. The number of aldehydes is 1. The van der Waals surface area contributed by atoms with Crippen LogP contribution >= 0.6 is 0 Å². The van der Waals surface area contributed by atoms with Crippen LogP contribution in [0, 0.1) is 5.92 Å². The summed E-state index contributed by atoms with van der Waals surface area (Å²) < 4.78 is 0. The molecule has 0 N–H and O–H groups in total. The van der Waals surface area contributed by atoms with Gasteiger partial charge in [-0.15, -0.1) is 0 Å². The van der Waals surface area contributed by atoms with Gasteiger partial charge in [-0.2, -0.15) is 0 Å². The number of hydrogen-bond donors (Lipinski definition) is 0. The fraction of sp³-hybridized carbons (Fsp3) is 0.667. The molecule has 1 unspecified atom stereocenters. The normalized spacial score (nSPS) is 11.3. The van der Waals surface area contributed by atoms with Crippen LogP contribution in [0.25, 0.3) is 0 Å². The maximum Gasteiger partial charge on any atom is 1.00 e. The van der Waals surface area contributed by atoms with E-state index < -0.39 is 11.9 Å². The minimum Gasteiger partial charge on any atom is -0.549 e. The number of carbonyl (C=O) groups excluding carboxylic acids is 2. The van der Waals surface area contributed by atoms with Crippen LogP contribution in [0.1, 0.15) is 19.8 Å². The van der Waals surface area contributed by atoms with Crippen molar-refractivity contribution in [3.63, 3.8) is 0 Å². The Morgan fingerprint density at radius 2 is 2.20 bits per heavy atom. The third-order valence-electron chi connectivity index (χ3n) is 1.07. The Bertz CT molecular complexity index is 114. The predicted molar refractivity (Wildman–Crippen MR) is 29.5 cm³/mol. The second-order valence-electron chi connectivity index (χ2n) is 1.85. The van der Waals surface area contributed by atoms with Crippen LogP contribution in [0.15, 0.2) is 0 Å². The van der Waals surface area contributed by atoms with Crippen molar-refractivity contribution in [1.29, 1.82) is 0 Å². The van der Waals surface area contributed by atoms with Crippen molar-refractivity contribution in [3.8, 4) is 0 Å². The first-order valence-corrected chi connectivity index (χ1v) is 2.88. The zero-order chi connectivity index (χ0) is 7.28. The van der Waals surface area contributed by atoms with E-state index in [-0.39, 0.29) is 29.6 Å². The molecule has 0 spiro atoms.